The smallest absolute Gasteiger partial charge is 0.289 e. The summed E-state index contributed by atoms with van der Waals surface area (Å²) in [6.07, 6.45) is 2.31. The molecule has 24 heavy (non-hydrogen) atoms. The van der Waals surface area contributed by atoms with E-state index in [9.17, 15) is 9.18 Å². The van der Waals surface area contributed by atoms with Crippen LogP contribution in [0.15, 0.2) is 22.6 Å². The van der Waals surface area contributed by atoms with Gasteiger partial charge in [0, 0.05) is 6.92 Å². The van der Waals surface area contributed by atoms with Gasteiger partial charge in [-0.3, -0.25) is 4.79 Å². The van der Waals surface area contributed by atoms with E-state index in [1.54, 1.807) is 32.9 Å². The highest BCUT2D eigenvalue weighted by Gasteiger charge is 2.23. The number of amides is 1. The Morgan fingerprint density at radius 1 is 1.46 bits per heavy atom. The number of aryl methyl sites for hydroxylation is 2. The van der Waals surface area contributed by atoms with Gasteiger partial charge in [-0.15, -0.1) is 0 Å². The minimum Gasteiger partial charge on any atom is -0.490 e. The molecule has 5 nitrogen and oxygen atoms in total. The van der Waals surface area contributed by atoms with Crippen LogP contribution in [-0.4, -0.2) is 17.5 Å². The third kappa shape index (κ3) is 3.75. The summed E-state index contributed by atoms with van der Waals surface area (Å²) >= 11 is 0. The molecule has 0 aliphatic heterocycles. The van der Waals surface area contributed by atoms with Crippen molar-refractivity contribution in [3.63, 3.8) is 0 Å². The summed E-state index contributed by atoms with van der Waals surface area (Å²) in [6.45, 7) is 5.74. The molecule has 0 radical (unpaired) electrons. The fourth-order valence-corrected chi connectivity index (χ4v) is 2.48. The number of halogens is 1. The van der Waals surface area contributed by atoms with Gasteiger partial charge in [0.25, 0.3) is 5.91 Å². The van der Waals surface area contributed by atoms with Gasteiger partial charge in [0.15, 0.2) is 17.5 Å². The van der Waals surface area contributed by atoms with Crippen LogP contribution in [0.5, 0.6) is 5.75 Å². The van der Waals surface area contributed by atoms with Crippen LogP contribution in [0.2, 0.25) is 0 Å². The van der Waals surface area contributed by atoms with Crippen molar-refractivity contribution >= 4 is 5.91 Å². The average Bonchev–Trinajstić information content (AvgIpc) is 3.29. The van der Waals surface area contributed by atoms with E-state index in [2.05, 4.69) is 10.3 Å². The molecule has 1 N–H and O–H groups in total. The number of benzene rings is 1. The molecule has 1 aromatic heterocycles. The molecule has 1 amide bonds. The molecular weight excluding hydrogens is 311 g/mol. The molecule has 128 valence electrons. The number of hydrogen-bond donors (Lipinski definition) is 1. The summed E-state index contributed by atoms with van der Waals surface area (Å²) in [6, 6.07) is 4.40. The van der Waals surface area contributed by atoms with E-state index in [0.717, 1.165) is 12.8 Å². The third-order valence-corrected chi connectivity index (χ3v) is 4.08. The highest BCUT2D eigenvalue weighted by molar-refractivity contribution is 5.92. The van der Waals surface area contributed by atoms with Crippen molar-refractivity contribution in [1.82, 2.24) is 10.3 Å². The van der Waals surface area contributed by atoms with Crippen molar-refractivity contribution < 1.29 is 18.3 Å². The Balaban J connectivity index is 1.65. The van der Waals surface area contributed by atoms with Crippen molar-refractivity contribution in [3.8, 4) is 5.75 Å². The van der Waals surface area contributed by atoms with Crippen LogP contribution < -0.4 is 10.1 Å². The first kappa shape index (κ1) is 16.5. The van der Waals surface area contributed by atoms with Gasteiger partial charge in [0.1, 0.15) is 0 Å². The molecular formula is C18H21FN2O3. The zero-order chi connectivity index (χ0) is 17.3. The molecule has 1 aromatic carbocycles. The van der Waals surface area contributed by atoms with Crippen molar-refractivity contribution in [3.05, 3.63) is 46.9 Å². The highest BCUT2D eigenvalue weighted by atomic mass is 19.1. The quantitative estimate of drug-likeness (QED) is 0.876. The maximum atomic E-state index is 14.1. The lowest BCUT2D eigenvalue weighted by Crippen LogP contribution is -2.27. The van der Waals surface area contributed by atoms with Crippen LogP contribution in [0.25, 0.3) is 0 Å². The van der Waals surface area contributed by atoms with E-state index >= 15 is 0 Å². The minimum atomic E-state index is -0.416. The van der Waals surface area contributed by atoms with Crippen molar-refractivity contribution in [2.45, 2.75) is 39.7 Å². The van der Waals surface area contributed by atoms with Gasteiger partial charge < -0.3 is 14.5 Å². The van der Waals surface area contributed by atoms with E-state index in [4.69, 9.17) is 9.15 Å². The number of aromatic nitrogens is 1. The van der Waals surface area contributed by atoms with Crippen LogP contribution >= 0.6 is 0 Å². The van der Waals surface area contributed by atoms with Crippen molar-refractivity contribution in [2.24, 2.45) is 5.92 Å². The Morgan fingerprint density at radius 2 is 2.21 bits per heavy atom. The van der Waals surface area contributed by atoms with Gasteiger partial charge in [-0.1, -0.05) is 6.07 Å². The maximum Gasteiger partial charge on any atom is 0.289 e. The predicted octanol–water partition coefficient (Wildman–Crippen LogP) is 3.71. The van der Waals surface area contributed by atoms with Crippen LogP contribution in [0, 0.1) is 25.6 Å². The predicted molar refractivity (Wildman–Crippen MR) is 86.5 cm³/mol. The van der Waals surface area contributed by atoms with Gasteiger partial charge >= 0.3 is 0 Å². The Bertz CT molecular complexity index is 753. The number of nitrogens with zero attached hydrogens (tertiary/aromatic N) is 1. The first-order valence-corrected chi connectivity index (χ1v) is 8.11. The standard InChI is InChI=1S/C18H21FN2O3/c1-10(21-18(22)17-11(2)20-12(3)24-17)14-6-7-16(15(19)8-14)23-9-13-4-5-13/h6-8,10,13H,4-5,9H2,1-3H3,(H,21,22). The van der Waals surface area contributed by atoms with Gasteiger partial charge in [0.05, 0.1) is 18.3 Å². The summed E-state index contributed by atoms with van der Waals surface area (Å²) in [5.41, 5.74) is 1.20. The molecule has 0 saturated heterocycles. The number of hydrogen-bond acceptors (Lipinski definition) is 4. The zero-order valence-corrected chi connectivity index (χ0v) is 14.1. The topological polar surface area (TPSA) is 64.4 Å². The fraction of sp³-hybridized carbons (Fsp3) is 0.444. The SMILES string of the molecule is Cc1nc(C)c(C(=O)NC(C)c2ccc(OCC3CC3)c(F)c2)o1. The van der Waals surface area contributed by atoms with Crippen molar-refractivity contribution in [1.29, 1.82) is 0 Å². The first-order chi connectivity index (χ1) is 11.4. The van der Waals surface area contributed by atoms with E-state index in [1.165, 1.54) is 6.07 Å². The molecule has 3 rings (SSSR count). The maximum absolute atomic E-state index is 14.1. The van der Waals surface area contributed by atoms with E-state index in [0.29, 0.717) is 29.7 Å². The van der Waals surface area contributed by atoms with Crippen LogP contribution in [0.1, 0.15) is 53.5 Å². The van der Waals surface area contributed by atoms with Gasteiger partial charge in [-0.2, -0.15) is 0 Å². The number of rotatable bonds is 6. The highest BCUT2D eigenvalue weighted by Crippen LogP contribution is 2.30. The minimum absolute atomic E-state index is 0.184. The Hall–Kier alpha value is -2.37. The Morgan fingerprint density at radius 3 is 2.79 bits per heavy atom. The second-order valence-corrected chi connectivity index (χ2v) is 6.29. The lowest BCUT2D eigenvalue weighted by Gasteiger charge is -2.15. The Labute approximate surface area is 140 Å². The summed E-state index contributed by atoms with van der Waals surface area (Å²) in [7, 11) is 0. The second-order valence-electron chi connectivity index (χ2n) is 6.29. The molecule has 2 aromatic rings. The summed E-state index contributed by atoms with van der Waals surface area (Å²) in [5.74, 6) is 0.662. The summed E-state index contributed by atoms with van der Waals surface area (Å²) in [4.78, 5) is 16.3. The molecule has 1 unspecified atom stereocenters. The lowest BCUT2D eigenvalue weighted by molar-refractivity contribution is 0.0909. The fourth-order valence-electron chi connectivity index (χ4n) is 2.48. The van der Waals surface area contributed by atoms with Gasteiger partial charge in [0.2, 0.25) is 5.76 Å². The normalized spacial score (nSPS) is 15.2. The molecule has 1 aliphatic carbocycles. The second kappa shape index (κ2) is 6.63. The Kier molecular flexibility index (Phi) is 4.55. The van der Waals surface area contributed by atoms with E-state index in [1.807, 2.05) is 0 Å². The summed E-state index contributed by atoms with van der Waals surface area (Å²) < 4.78 is 24.9. The van der Waals surface area contributed by atoms with Gasteiger partial charge in [-0.05, 0) is 50.3 Å². The van der Waals surface area contributed by atoms with E-state index < -0.39 is 5.82 Å². The number of ether oxygens (including phenoxy) is 1. The van der Waals surface area contributed by atoms with Crippen LogP contribution in [0.3, 0.4) is 0 Å². The average molecular weight is 332 g/mol. The van der Waals surface area contributed by atoms with Crippen LogP contribution in [0.4, 0.5) is 4.39 Å². The molecule has 1 aliphatic rings. The molecule has 0 spiro atoms. The number of carbonyl (C=O) groups is 1. The number of nitrogens with one attached hydrogen (secondary N) is 1. The zero-order valence-electron chi connectivity index (χ0n) is 14.1. The lowest BCUT2D eigenvalue weighted by atomic mass is 10.1. The molecule has 1 heterocycles. The molecule has 6 heteroatoms. The number of oxazole rings is 1. The molecule has 0 bridgehead atoms. The number of carbonyl (C=O) groups excluding carboxylic acids is 1. The monoisotopic (exact) mass is 332 g/mol. The first-order valence-electron chi connectivity index (χ1n) is 8.11. The van der Waals surface area contributed by atoms with Gasteiger partial charge in [-0.25, -0.2) is 9.37 Å². The third-order valence-electron chi connectivity index (χ3n) is 4.08. The molecule has 1 saturated carbocycles. The summed E-state index contributed by atoms with van der Waals surface area (Å²) in [5, 5.41) is 2.79. The van der Waals surface area contributed by atoms with Crippen molar-refractivity contribution in [2.75, 3.05) is 6.61 Å². The van der Waals surface area contributed by atoms with Crippen LogP contribution in [-0.2, 0) is 0 Å². The van der Waals surface area contributed by atoms with E-state index in [-0.39, 0.29) is 23.5 Å². The largest absolute Gasteiger partial charge is 0.490 e. The molecule has 1 fully saturated rings. The molecule has 1 atom stereocenters.